The number of carbonyl (C=O) groups is 2. The van der Waals surface area contributed by atoms with E-state index in [0.29, 0.717) is 37.3 Å². The highest BCUT2D eigenvalue weighted by Gasteiger charge is 2.29. The fourth-order valence-electron chi connectivity index (χ4n) is 3.79. The third kappa shape index (κ3) is 3.53. The van der Waals surface area contributed by atoms with Crippen LogP contribution >= 0.6 is 0 Å². The molecule has 2 N–H and O–H groups in total. The number of nitrogens with one attached hydrogen (secondary N) is 2. The molecule has 1 aromatic carbocycles. The van der Waals surface area contributed by atoms with Gasteiger partial charge in [0.05, 0.1) is 11.9 Å². The quantitative estimate of drug-likeness (QED) is 0.708. The van der Waals surface area contributed by atoms with Crippen LogP contribution in [-0.2, 0) is 0 Å². The van der Waals surface area contributed by atoms with Gasteiger partial charge < -0.3 is 19.6 Å². The summed E-state index contributed by atoms with van der Waals surface area (Å²) in [7, 11) is 0. The van der Waals surface area contributed by atoms with Crippen molar-refractivity contribution in [2.75, 3.05) is 13.1 Å². The van der Waals surface area contributed by atoms with Crippen molar-refractivity contribution < 1.29 is 14.0 Å². The van der Waals surface area contributed by atoms with Crippen molar-refractivity contribution in [3.8, 4) is 0 Å². The third-order valence-corrected chi connectivity index (χ3v) is 5.39. The zero-order valence-corrected chi connectivity index (χ0v) is 16.3. The van der Waals surface area contributed by atoms with Crippen molar-refractivity contribution in [1.82, 2.24) is 20.2 Å². The summed E-state index contributed by atoms with van der Waals surface area (Å²) < 4.78 is 5.49. The van der Waals surface area contributed by atoms with Gasteiger partial charge in [-0.2, -0.15) is 0 Å². The molecular weight excluding hydrogens is 372 g/mol. The van der Waals surface area contributed by atoms with Gasteiger partial charge in [-0.25, -0.2) is 4.98 Å². The van der Waals surface area contributed by atoms with Gasteiger partial charge in [0.25, 0.3) is 17.4 Å². The average Bonchev–Trinajstić information content (AvgIpc) is 3.05. The smallest absolute Gasteiger partial charge is 0.262 e. The number of furan rings is 1. The number of likely N-dealkylation sites (tertiary alicyclic amines) is 1. The van der Waals surface area contributed by atoms with Gasteiger partial charge in [0.2, 0.25) is 5.71 Å². The van der Waals surface area contributed by atoms with E-state index in [1.165, 1.54) is 6.33 Å². The van der Waals surface area contributed by atoms with Crippen molar-refractivity contribution in [3.05, 3.63) is 63.4 Å². The minimum Gasteiger partial charge on any atom is -0.442 e. The normalized spacial score (nSPS) is 14.9. The molecule has 0 unspecified atom stereocenters. The number of fused-ring (bicyclic) bond motifs is 1. The lowest BCUT2D eigenvalue weighted by atomic mass is 10.0. The summed E-state index contributed by atoms with van der Waals surface area (Å²) in [4.78, 5) is 45.9. The SMILES string of the molecule is Cc1ccccc1C(=O)NC1CCN(C(=O)c2c(C)oc3nc[nH]c(=O)c23)CC1. The molecule has 0 radical (unpaired) electrons. The number of H-pyrrole nitrogens is 1. The number of piperidine rings is 1. The van der Waals surface area contributed by atoms with E-state index in [0.717, 1.165) is 5.56 Å². The molecule has 3 heterocycles. The van der Waals surface area contributed by atoms with Gasteiger partial charge in [-0.1, -0.05) is 18.2 Å². The van der Waals surface area contributed by atoms with Gasteiger partial charge in [0, 0.05) is 24.7 Å². The van der Waals surface area contributed by atoms with Gasteiger partial charge in [0.1, 0.15) is 11.1 Å². The molecule has 2 amide bonds. The minimum atomic E-state index is -0.393. The highest BCUT2D eigenvalue weighted by atomic mass is 16.3. The Labute approximate surface area is 166 Å². The highest BCUT2D eigenvalue weighted by molar-refractivity contribution is 6.06. The van der Waals surface area contributed by atoms with E-state index >= 15 is 0 Å². The minimum absolute atomic E-state index is 0.00147. The maximum atomic E-state index is 13.0. The lowest BCUT2D eigenvalue weighted by Gasteiger charge is -2.32. The highest BCUT2D eigenvalue weighted by Crippen LogP contribution is 2.24. The Morgan fingerprint density at radius 3 is 2.66 bits per heavy atom. The van der Waals surface area contributed by atoms with E-state index in [2.05, 4.69) is 15.3 Å². The summed E-state index contributed by atoms with van der Waals surface area (Å²) in [5.41, 5.74) is 1.62. The molecule has 0 bridgehead atoms. The van der Waals surface area contributed by atoms with Gasteiger partial charge in [-0.05, 0) is 38.3 Å². The van der Waals surface area contributed by atoms with Gasteiger partial charge in [-0.15, -0.1) is 0 Å². The third-order valence-electron chi connectivity index (χ3n) is 5.39. The van der Waals surface area contributed by atoms with Crippen LogP contribution in [0.3, 0.4) is 0 Å². The summed E-state index contributed by atoms with van der Waals surface area (Å²) in [6, 6.07) is 7.46. The molecule has 0 atom stereocenters. The van der Waals surface area contributed by atoms with E-state index in [1.54, 1.807) is 11.8 Å². The second kappa shape index (κ2) is 7.54. The number of carbonyl (C=O) groups excluding carboxylic acids is 2. The van der Waals surface area contributed by atoms with Gasteiger partial charge in [0.15, 0.2) is 0 Å². The van der Waals surface area contributed by atoms with E-state index in [9.17, 15) is 14.4 Å². The molecule has 150 valence electrons. The van der Waals surface area contributed by atoms with Crippen LogP contribution in [0.15, 0.2) is 39.8 Å². The number of aryl methyl sites for hydroxylation is 2. The van der Waals surface area contributed by atoms with Gasteiger partial charge >= 0.3 is 0 Å². The van der Waals surface area contributed by atoms with E-state index in [-0.39, 0.29) is 34.5 Å². The fraction of sp³-hybridized carbons (Fsp3) is 0.333. The number of hydrogen-bond donors (Lipinski definition) is 2. The molecule has 1 saturated heterocycles. The Morgan fingerprint density at radius 1 is 1.21 bits per heavy atom. The van der Waals surface area contributed by atoms with Crippen LogP contribution < -0.4 is 10.9 Å². The van der Waals surface area contributed by atoms with Crippen LogP contribution in [0, 0.1) is 13.8 Å². The van der Waals surface area contributed by atoms with E-state index < -0.39 is 5.56 Å². The molecule has 0 saturated carbocycles. The monoisotopic (exact) mass is 394 g/mol. The van der Waals surface area contributed by atoms with Crippen LogP contribution in [0.2, 0.25) is 0 Å². The van der Waals surface area contributed by atoms with Crippen LogP contribution in [0.5, 0.6) is 0 Å². The second-order valence-electron chi connectivity index (χ2n) is 7.30. The number of nitrogens with zero attached hydrogens (tertiary/aromatic N) is 2. The van der Waals surface area contributed by atoms with Gasteiger partial charge in [-0.3, -0.25) is 14.4 Å². The molecule has 1 aliphatic heterocycles. The maximum absolute atomic E-state index is 13.0. The van der Waals surface area contributed by atoms with Crippen LogP contribution in [0.4, 0.5) is 0 Å². The number of aromatic nitrogens is 2. The molecule has 3 aromatic rings. The van der Waals surface area contributed by atoms with E-state index in [4.69, 9.17) is 4.42 Å². The predicted molar refractivity (Wildman–Crippen MR) is 107 cm³/mol. The molecule has 2 aromatic heterocycles. The zero-order chi connectivity index (χ0) is 20.5. The fourth-order valence-corrected chi connectivity index (χ4v) is 3.79. The molecular formula is C21H22N4O4. The van der Waals surface area contributed by atoms with Crippen molar-refractivity contribution in [3.63, 3.8) is 0 Å². The standard InChI is InChI=1S/C21H22N4O4/c1-12-5-3-4-6-15(12)18(26)24-14-7-9-25(10-8-14)21(28)16-13(2)29-20-17(16)19(27)22-11-23-20/h3-6,11,14H,7-10H2,1-2H3,(H,24,26)(H,22,23,27). The maximum Gasteiger partial charge on any atom is 0.262 e. The summed E-state index contributed by atoms with van der Waals surface area (Å²) in [5, 5.41) is 3.25. The Kier molecular flexibility index (Phi) is 4.92. The number of hydrogen-bond acceptors (Lipinski definition) is 5. The lowest BCUT2D eigenvalue weighted by Crippen LogP contribution is -2.46. The average molecular weight is 394 g/mol. The zero-order valence-electron chi connectivity index (χ0n) is 16.3. The summed E-state index contributed by atoms with van der Waals surface area (Å²) in [5.74, 6) is 0.0368. The molecule has 8 heteroatoms. The number of rotatable bonds is 3. The van der Waals surface area contributed by atoms with Crippen molar-refractivity contribution in [2.45, 2.75) is 32.7 Å². The lowest BCUT2D eigenvalue weighted by molar-refractivity contribution is 0.0698. The first-order chi connectivity index (χ1) is 14.0. The largest absolute Gasteiger partial charge is 0.442 e. The second-order valence-corrected chi connectivity index (χ2v) is 7.30. The molecule has 4 rings (SSSR count). The van der Waals surface area contributed by atoms with Crippen molar-refractivity contribution in [1.29, 1.82) is 0 Å². The molecule has 1 fully saturated rings. The predicted octanol–water partition coefficient (Wildman–Crippen LogP) is 2.17. The Balaban J connectivity index is 1.45. The molecule has 29 heavy (non-hydrogen) atoms. The number of benzene rings is 1. The van der Waals surface area contributed by atoms with Crippen LogP contribution in [0.25, 0.3) is 11.1 Å². The molecule has 8 nitrogen and oxygen atoms in total. The molecule has 0 spiro atoms. The van der Waals surface area contributed by atoms with Crippen LogP contribution in [0.1, 0.15) is 44.9 Å². The summed E-state index contributed by atoms with van der Waals surface area (Å²) in [6.45, 7) is 4.54. The van der Waals surface area contributed by atoms with Crippen molar-refractivity contribution >= 4 is 22.9 Å². The Morgan fingerprint density at radius 2 is 1.93 bits per heavy atom. The molecule has 1 aliphatic rings. The topological polar surface area (TPSA) is 108 Å². The first kappa shape index (κ1) is 18.9. The number of amides is 2. The molecule has 0 aliphatic carbocycles. The Hall–Kier alpha value is -3.42. The summed E-state index contributed by atoms with van der Waals surface area (Å²) >= 11 is 0. The Bertz CT molecular complexity index is 1140. The first-order valence-corrected chi connectivity index (χ1v) is 9.58. The number of aromatic amines is 1. The van der Waals surface area contributed by atoms with Crippen LogP contribution in [-0.4, -0.2) is 45.8 Å². The van der Waals surface area contributed by atoms with E-state index in [1.807, 2.05) is 31.2 Å². The first-order valence-electron chi connectivity index (χ1n) is 9.58. The van der Waals surface area contributed by atoms with Crippen molar-refractivity contribution in [2.24, 2.45) is 0 Å². The summed E-state index contributed by atoms with van der Waals surface area (Å²) in [6.07, 6.45) is 2.55.